The summed E-state index contributed by atoms with van der Waals surface area (Å²) in [7, 11) is -3.53. The molecule has 0 aliphatic carbocycles. The molecule has 1 N–H and O–H groups in total. The number of hydrogen-bond acceptors (Lipinski definition) is 5. The van der Waals surface area contributed by atoms with E-state index in [0.717, 1.165) is 17.0 Å². The van der Waals surface area contributed by atoms with Gasteiger partial charge in [0.2, 0.25) is 10.0 Å². The third kappa shape index (κ3) is 5.64. The third-order valence-electron chi connectivity index (χ3n) is 5.31. The van der Waals surface area contributed by atoms with Gasteiger partial charge in [-0.2, -0.15) is 0 Å². The minimum atomic E-state index is -3.53. The molecule has 3 aromatic rings. The summed E-state index contributed by atoms with van der Waals surface area (Å²) in [5, 5.41) is 2.70. The molecule has 7 nitrogen and oxygen atoms in total. The number of fused-ring (bicyclic) bond motifs is 1. The number of anilines is 1. The van der Waals surface area contributed by atoms with Gasteiger partial charge in [-0.15, -0.1) is 0 Å². The predicted octanol–water partition coefficient (Wildman–Crippen LogP) is 3.27. The molecule has 0 saturated carbocycles. The van der Waals surface area contributed by atoms with Crippen LogP contribution in [0.1, 0.15) is 15.9 Å². The van der Waals surface area contributed by atoms with Crippen LogP contribution in [0.3, 0.4) is 0 Å². The zero-order chi connectivity index (χ0) is 23.1. The molecule has 33 heavy (non-hydrogen) atoms. The summed E-state index contributed by atoms with van der Waals surface area (Å²) in [6.07, 6.45) is 0.695. The Balaban J connectivity index is 1.29. The van der Waals surface area contributed by atoms with Gasteiger partial charge >= 0.3 is 0 Å². The molecule has 0 spiro atoms. The number of amides is 1. The zero-order valence-electron chi connectivity index (χ0n) is 18.1. The lowest BCUT2D eigenvalue weighted by Gasteiger charge is -2.19. The van der Waals surface area contributed by atoms with Crippen LogP contribution in [-0.4, -0.2) is 46.4 Å². The molecule has 0 unspecified atom stereocenters. The van der Waals surface area contributed by atoms with Gasteiger partial charge in [-0.3, -0.25) is 9.10 Å². The summed E-state index contributed by atoms with van der Waals surface area (Å²) in [5.74, 6) is 0.602. The number of carbonyl (C=O) groups is 1. The van der Waals surface area contributed by atoms with Crippen molar-refractivity contribution in [1.82, 2.24) is 5.32 Å². The summed E-state index contributed by atoms with van der Waals surface area (Å²) in [4.78, 5) is 12.7. The van der Waals surface area contributed by atoms with E-state index >= 15 is 0 Å². The highest BCUT2D eigenvalue weighted by molar-refractivity contribution is 7.92. The average molecular weight is 467 g/mol. The van der Waals surface area contributed by atoms with E-state index in [1.165, 1.54) is 4.31 Å². The molecule has 0 atom stereocenters. The summed E-state index contributed by atoms with van der Waals surface area (Å²) < 4.78 is 38.4. The molecular weight excluding hydrogens is 440 g/mol. The average Bonchev–Trinajstić information content (AvgIpc) is 3.28. The molecule has 0 saturated heterocycles. The number of sulfonamides is 1. The summed E-state index contributed by atoms with van der Waals surface area (Å²) in [6, 6.07) is 23.8. The van der Waals surface area contributed by atoms with Crippen LogP contribution < -0.4 is 19.1 Å². The van der Waals surface area contributed by atoms with Crippen LogP contribution in [0.15, 0.2) is 78.9 Å². The molecule has 1 amide bonds. The zero-order valence-corrected chi connectivity index (χ0v) is 19.0. The van der Waals surface area contributed by atoms with Gasteiger partial charge < -0.3 is 14.8 Å². The Morgan fingerprint density at radius 1 is 0.879 bits per heavy atom. The van der Waals surface area contributed by atoms with Crippen LogP contribution in [0.4, 0.5) is 5.69 Å². The van der Waals surface area contributed by atoms with Crippen molar-refractivity contribution in [2.45, 2.75) is 6.42 Å². The Bertz CT molecular complexity index is 1200. The van der Waals surface area contributed by atoms with Crippen molar-refractivity contribution >= 4 is 21.6 Å². The van der Waals surface area contributed by atoms with Crippen LogP contribution in [0.2, 0.25) is 0 Å². The van der Waals surface area contributed by atoms with Crippen molar-refractivity contribution < 1.29 is 22.7 Å². The number of para-hydroxylation sites is 3. The Kier molecular flexibility index (Phi) is 7.14. The monoisotopic (exact) mass is 466 g/mol. The van der Waals surface area contributed by atoms with Crippen molar-refractivity contribution in [3.8, 4) is 11.5 Å². The van der Waals surface area contributed by atoms with Gasteiger partial charge in [0, 0.05) is 13.1 Å². The van der Waals surface area contributed by atoms with Crippen molar-refractivity contribution in [1.29, 1.82) is 0 Å². The molecule has 0 bridgehead atoms. The lowest BCUT2D eigenvalue weighted by atomic mass is 10.2. The minimum absolute atomic E-state index is 0.00524. The fourth-order valence-corrected chi connectivity index (χ4v) is 5.13. The number of carbonyl (C=O) groups excluding carboxylic acids is 1. The summed E-state index contributed by atoms with van der Waals surface area (Å²) in [5.41, 5.74) is 2.09. The summed E-state index contributed by atoms with van der Waals surface area (Å²) >= 11 is 0. The van der Waals surface area contributed by atoms with Gasteiger partial charge in [-0.1, -0.05) is 48.5 Å². The van der Waals surface area contributed by atoms with Gasteiger partial charge in [-0.25, -0.2) is 8.42 Å². The second kappa shape index (κ2) is 10.4. The van der Waals surface area contributed by atoms with Crippen molar-refractivity contribution in [3.05, 3.63) is 90.0 Å². The largest absolute Gasteiger partial charge is 0.490 e. The maximum Gasteiger partial charge on any atom is 0.255 e. The fraction of sp³-hybridized carbons (Fsp3) is 0.240. The van der Waals surface area contributed by atoms with Gasteiger partial charge in [0.15, 0.2) is 0 Å². The van der Waals surface area contributed by atoms with E-state index in [4.69, 9.17) is 9.47 Å². The van der Waals surface area contributed by atoms with E-state index in [2.05, 4.69) is 5.32 Å². The number of rotatable bonds is 10. The molecular formula is C25H26N2O5S. The Labute approximate surface area is 194 Å². The number of ether oxygens (including phenoxy) is 2. The molecule has 1 heterocycles. The van der Waals surface area contributed by atoms with Crippen LogP contribution in [-0.2, 0) is 16.4 Å². The molecule has 8 heteroatoms. The third-order valence-corrected chi connectivity index (χ3v) is 7.08. The second-order valence-electron chi connectivity index (χ2n) is 7.53. The topological polar surface area (TPSA) is 84.9 Å². The van der Waals surface area contributed by atoms with Crippen molar-refractivity contribution in [2.75, 3.05) is 36.4 Å². The number of benzene rings is 3. The first kappa shape index (κ1) is 22.7. The van der Waals surface area contributed by atoms with E-state index < -0.39 is 10.0 Å². The highest BCUT2D eigenvalue weighted by Crippen LogP contribution is 2.29. The van der Waals surface area contributed by atoms with E-state index in [-0.39, 0.29) is 24.8 Å². The highest BCUT2D eigenvalue weighted by Gasteiger charge is 2.28. The smallest absolute Gasteiger partial charge is 0.255 e. The normalized spacial score (nSPS) is 12.8. The maximum absolute atomic E-state index is 12.8. The quantitative estimate of drug-likeness (QED) is 0.464. The minimum Gasteiger partial charge on any atom is -0.490 e. The molecule has 172 valence electrons. The molecule has 1 aliphatic heterocycles. The first-order chi connectivity index (χ1) is 16.0. The Morgan fingerprint density at radius 2 is 1.58 bits per heavy atom. The summed E-state index contributed by atoms with van der Waals surface area (Å²) in [6.45, 7) is 1.03. The van der Waals surface area contributed by atoms with E-state index in [9.17, 15) is 13.2 Å². The van der Waals surface area contributed by atoms with Crippen LogP contribution >= 0.6 is 0 Å². The van der Waals surface area contributed by atoms with Crippen LogP contribution in [0.5, 0.6) is 11.5 Å². The Morgan fingerprint density at radius 3 is 2.42 bits per heavy atom. The molecule has 0 fully saturated rings. The van der Waals surface area contributed by atoms with Gasteiger partial charge in [-0.05, 0) is 42.3 Å². The number of hydrogen-bond donors (Lipinski definition) is 1. The van der Waals surface area contributed by atoms with E-state index in [1.54, 1.807) is 24.3 Å². The van der Waals surface area contributed by atoms with Crippen molar-refractivity contribution in [2.24, 2.45) is 0 Å². The van der Waals surface area contributed by atoms with Gasteiger partial charge in [0.25, 0.3) is 5.91 Å². The molecule has 1 aliphatic rings. The molecule has 0 aromatic heterocycles. The highest BCUT2D eigenvalue weighted by atomic mass is 32.2. The van der Waals surface area contributed by atoms with Crippen molar-refractivity contribution in [3.63, 3.8) is 0 Å². The van der Waals surface area contributed by atoms with Crippen LogP contribution in [0, 0.1) is 0 Å². The first-order valence-corrected chi connectivity index (χ1v) is 12.4. The maximum atomic E-state index is 12.8. The van der Waals surface area contributed by atoms with E-state index in [1.807, 2.05) is 54.6 Å². The molecule has 4 rings (SSSR count). The van der Waals surface area contributed by atoms with Gasteiger partial charge in [0.05, 0.1) is 17.0 Å². The number of nitrogens with one attached hydrogen (secondary N) is 1. The lowest BCUT2D eigenvalue weighted by molar-refractivity contribution is 0.0951. The predicted molar refractivity (Wildman–Crippen MR) is 127 cm³/mol. The standard InChI is InChI=1S/C25H26N2O5S/c28-25(26-15-19-33(29,30)27-16-14-20-8-4-6-12-23(20)27)22-11-5-7-13-24(22)32-18-17-31-21-9-2-1-3-10-21/h1-13H,14-19H2,(H,26,28). The fourth-order valence-electron chi connectivity index (χ4n) is 3.70. The second-order valence-corrected chi connectivity index (χ2v) is 9.54. The van der Waals surface area contributed by atoms with Gasteiger partial charge in [0.1, 0.15) is 24.7 Å². The van der Waals surface area contributed by atoms with E-state index in [0.29, 0.717) is 30.9 Å². The molecule has 3 aromatic carbocycles. The Hall–Kier alpha value is -3.52. The lowest BCUT2D eigenvalue weighted by Crippen LogP contribution is -2.37. The SMILES string of the molecule is O=C(NCCS(=O)(=O)N1CCc2ccccc21)c1ccccc1OCCOc1ccccc1. The molecule has 0 radical (unpaired) electrons. The number of nitrogens with zero attached hydrogens (tertiary/aromatic N) is 1. The first-order valence-electron chi connectivity index (χ1n) is 10.8. The van der Waals surface area contributed by atoms with Crippen LogP contribution in [0.25, 0.3) is 0 Å².